The summed E-state index contributed by atoms with van der Waals surface area (Å²) >= 11 is 0. The minimum atomic E-state index is -0.795. The van der Waals surface area contributed by atoms with Gasteiger partial charge in [-0.3, -0.25) is 9.59 Å². The lowest BCUT2D eigenvalue weighted by Crippen LogP contribution is -2.53. The van der Waals surface area contributed by atoms with Gasteiger partial charge in [-0.1, -0.05) is 0 Å². The summed E-state index contributed by atoms with van der Waals surface area (Å²) in [5.74, 6) is -0.760. The van der Waals surface area contributed by atoms with E-state index in [4.69, 9.17) is 4.74 Å². The Morgan fingerprint density at radius 2 is 2.05 bits per heavy atom. The molecule has 2 aliphatic heterocycles. The monoisotopic (exact) mass is 283 g/mol. The van der Waals surface area contributed by atoms with Crippen LogP contribution in [0.2, 0.25) is 0 Å². The van der Waals surface area contributed by atoms with E-state index in [2.05, 4.69) is 0 Å². The van der Waals surface area contributed by atoms with Crippen LogP contribution in [-0.2, 0) is 14.3 Å². The van der Waals surface area contributed by atoms with Gasteiger partial charge in [-0.2, -0.15) is 0 Å². The smallest absolute Gasteiger partial charge is 0.309 e. The van der Waals surface area contributed by atoms with Crippen molar-refractivity contribution in [1.82, 2.24) is 4.90 Å². The summed E-state index contributed by atoms with van der Waals surface area (Å²) in [6, 6.07) is 0. The minimum absolute atomic E-state index is 0.00250. The first-order chi connectivity index (χ1) is 9.27. The maximum atomic E-state index is 12.6. The molecule has 0 bridgehead atoms. The van der Waals surface area contributed by atoms with Crippen LogP contribution < -0.4 is 0 Å². The number of carbonyl (C=O) groups excluding carboxylic acids is 1. The number of amides is 1. The molecule has 1 amide bonds. The van der Waals surface area contributed by atoms with Gasteiger partial charge < -0.3 is 14.7 Å². The van der Waals surface area contributed by atoms with Crippen molar-refractivity contribution in [2.45, 2.75) is 52.1 Å². The Hall–Kier alpha value is -1.10. The van der Waals surface area contributed by atoms with E-state index in [0.717, 1.165) is 25.7 Å². The molecule has 114 valence electrons. The van der Waals surface area contributed by atoms with E-state index >= 15 is 0 Å². The normalized spacial score (nSPS) is 31.4. The number of hydrogen-bond acceptors (Lipinski definition) is 3. The van der Waals surface area contributed by atoms with Gasteiger partial charge in [0.1, 0.15) is 5.60 Å². The van der Waals surface area contributed by atoms with E-state index < -0.39 is 17.0 Å². The molecule has 1 N–H and O–H groups in total. The summed E-state index contributed by atoms with van der Waals surface area (Å²) in [6.45, 7) is 7.24. The fourth-order valence-electron chi connectivity index (χ4n) is 3.21. The quantitative estimate of drug-likeness (QED) is 0.859. The number of hydrogen-bond donors (Lipinski definition) is 1. The first-order valence-electron chi connectivity index (χ1n) is 7.44. The molecule has 2 heterocycles. The van der Waals surface area contributed by atoms with Crippen molar-refractivity contribution in [3.63, 3.8) is 0 Å². The van der Waals surface area contributed by atoms with Crippen LogP contribution in [0.5, 0.6) is 0 Å². The Morgan fingerprint density at radius 1 is 1.35 bits per heavy atom. The van der Waals surface area contributed by atoms with E-state index in [-0.39, 0.29) is 11.8 Å². The Bertz CT molecular complexity index is 399. The molecule has 0 aromatic carbocycles. The highest BCUT2D eigenvalue weighted by molar-refractivity contribution is 5.85. The van der Waals surface area contributed by atoms with E-state index in [1.807, 2.05) is 11.8 Å². The van der Waals surface area contributed by atoms with Crippen LogP contribution in [0.4, 0.5) is 0 Å². The van der Waals surface area contributed by atoms with Crippen molar-refractivity contribution in [2.24, 2.45) is 11.3 Å². The van der Waals surface area contributed by atoms with Gasteiger partial charge in [-0.05, 0) is 52.4 Å². The molecule has 20 heavy (non-hydrogen) atoms. The average Bonchev–Trinajstić information content (AvgIpc) is 2.86. The summed E-state index contributed by atoms with van der Waals surface area (Å²) in [5.41, 5.74) is -1.49. The van der Waals surface area contributed by atoms with Gasteiger partial charge in [0.15, 0.2) is 0 Å². The number of carboxylic acids is 1. The summed E-state index contributed by atoms with van der Waals surface area (Å²) in [5, 5.41) is 9.35. The Balaban J connectivity index is 2.07. The van der Waals surface area contributed by atoms with Crippen LogP contribution in [0.3, 0.4) is 0 Å². The molecule has 2 saturated heterocycles. The molecule has 5 heteroatoms. The topological polar surface area (TPSA) is 66.8 Å². The number of likely N-dealkylation sites (tertiary alicyclic amines) is 1. The SMILES string of the molecule is CC1(C(=O)N2CCCC(C(C)(C)C(=O)O)C2)CCCO1. The van der Waals surface area contributed by atoms with Gasteiger partial charge in [0.2, 0.25) is 0 Å². The first-order valence-corrected chi connectivity index (χ1v) is 7.44. The van der Waals surface area contributed by atoms with Gasteiger partial charge in [0, 0.05) is 19.7 Å². The fraction of sp³-hybridized carbons (Fsp3) is 0.867. The second-order valence-electron chi connectivity index (χ2n) is 6.80. The largest absolute Gasteiger partial charge is 0.481 e. The number of rotatable bonds is 3. The van der Waals surface area contributed by atoms with Crippen LogP contribution in [0.25, 0.3) is 0 Å². The zero-order chi connectivity index (χ0) is 15.0. The second kappa shape index (κ2) is 5.35. The Labute approximate surface area is 120 Å². The number of aliphatic carboxylic acids is 1. The highest BCUT2D eigenvalue weighted by Gasteiger charge is 2.45. The maximum Gasteiger partial charge on any atom is 0.309 e. The molecule has 0 aromatic rings. The van der Waals surface area contributed by atoms with Gasteiger partial charge >= 0.3 is 5.97 Å². The van der Waals surface area contributed by atoms with Crippen LogP contribution in [0, 0.1) is 11.3 Å². The highest BCUT2D eigenvalue weighted by Crippen LogP contribution is 2.36. The molecular formula is C15H25NO4. The number of nitrogens with zero attached hydrogens (tertiary/aromatic N) is 1. The predicted octanol–water partition coefficient (Wildman–Crippen LogP) is 1.90. The molecular weight excluding hydrogens is 258 g/mol. The van der Waals surface area contributed by atoms with Crippen molar-refractivity contribution in [3.8, 4) is 0 Å². The average molecular weight is 283 g/mol. The van der Waals surface area contributed by atoms with Gasteiger partial charge in [-0.25, -0.2) is 0 Å². The molecule has 0 spiro atoms. The third-order valence-electron chi connectivity index (χ3n) is 4.95. The summed E-state index contributed by atoms with van der Waals surface area (Å²) in [7, 11) is 0. The van der Waals surface area contributed by atoms with Crippen molar-refractivity contribution >= 4 is 11.9 Å². The summed E-state index contributed by atoms with van der Waals surface area (Å²) in [6.07, 6.45) is 3.40. The van der Waals surface area contributed by atoms with Gasteiger partial charge in [0.25, 0.3) is 5.91 Å². The molecule has 0 aliphatic carbocycles. The van der Waals surface area contributed by atoms with E-state index in [1.165, 1.54) is 0 Å². The van der Waals surface area contributed by atoms with Crippen molar-refractivity contribution in [2.75, 3.05) is 19.7 Å². The lowest BCUT2D eigenvalue weighted by Gasteiger charge is -2.41. The number of carbonyl (C=O) groups is 2. The minimum Gasteiger partial charge on any atom is -0.481 e. The molecule has 0 saturated carbocycles. The van der Waals surface area contributed by atoms with Crippen LogP contribution in [0.1, 0.15) is 46.5 Å². The first kappa shape index (κ1) is 15.3. The summed E-state index contributed by atoms with van der Waals surface area (Å²) < 4.78 is 5.62. The predicted molar refractivity (Wildman–Crippen MR) is 74.3 cm³/mol. The fourth-order valence-corrected chi connectivity index (χ4v) is 3.21. The van der Waals surface area contributed by atoms with Crippen LogP contribution >= 0.6 is 0 Å². The zero-order valence-corrected chi connectivity index (χ0v) is 12.6. The third kappa shape index (κ3) is 2.68. The molecule has 2 aliphatic rings. The molecule has 2 atom stereocenters. The Kier molecular flexibility index (Phi) is 4.09. The van der Waals surface area contributed by atoms with E-state index in [9.17, 15) is 14.7 Å². The lowest BCUT2D eigenvalue weighted by atomic mass is 9.74. The van der Waals surface area contributed by atoms with Crippen molar-refractivity contribution in [3.05, 3.63) is 0 Å². The molecule has 2 unspecified atom stereocenters. The van der Waals surface area contributed by atoms with Crippen molar-refractivity contribution < 1.29 is 19.4 Å². The second-order valence-corrected chi connectivity index (χ2v) is 6.80. The third-order valence-corrected chi connectivity index (χ3v) is 4.95. The number of carboxylic acid groups (broad SMARTS) is 1. The molecule has 0 radical (unpaired) electrons. The molecule has 0 aromatic heterocycles. The maximum absolute atomic E-state index is 12.6. The van der Waals surface area contributed by atoms with Crippen molar-refractivity contribution in [1.29, 1.82) is 0 Å². The van der Waals surface area contributed by atoms with E-state index in [0.29, 0.717) is 19.7 Å². The van der Waals surface area contributed by atoms with Gasteiger partial charge in [0.05, 0.1) is 5.41 Å². The van der Waals surface area contributed by atoms with Crippen LogP contribution in [0.15, 0.2) is 0 Å². The highest BCUT2D eigenvalue weighted by atomic mass is 16.5. The van der Waals surface area contributed by atoms with Gasteiger partial charge in [-0.15, -0.1) is 0 Å². The Morgan fingerprint density at radius 3 is 2.60 bits per heavy atom. The zero-order valence-electron chi connectivity index (χ0n) is 12.6. The molecule has 2 fully saturated rings. The van der Waals surface area contributed by atoms with Crippen LogP contribution in [-0.4, -0.2) is 47.2 Å². The standard InChI is InChI=1S/C15H25NO4/c1-14(2,13(18)19)11-6-4-8-16(10-11)12(17)15(3)7-5-9-20-15/h11H,4-10H2,1-3H3,(H,18,19). The summed E-state index contributed by atoms with van der Waals surface area (Å²) in [4.78, 5) is 25.8. The molecule has 2 rings (SSSR count). The molecule has 5 nitrogen and oxygen atoms in total. The van der Waals surface area contributed by atoms with E-state index in [1.54, 1.807) is 13.8 Å². The lowest BCUT2D eigenvalue weighted by molar-refractivity contribution is -0.159. The number of ether oxygens (including phenoxy) is 1. The number of piperidine rings is 1.